The van der Waals surface area contributed by atoms with Crippen LogP contribution in [-0.2, 0) is 14.3 Å². The molecule has 1 heterocycles. The van der Waals surface area contributed by atoms with E-state index in [1.165, 1.54) is 13.0 Å². The summed E-state index contributed by atoms with van der Waals surface area (Å²) in [6.45, 7) is 4.79. The van der Waals surface area contributed by atoms with Gasteiger partial charge in [0, 0.05) is 23.0 Å². The minimum Gasteiger partial charge on any atom is -0.451 e. The zero-order valence-corrected chi connectivity index (χ0v) is 17.2. The Hall–Kier alpha value is -3.66. The topological polar surface area (TPSA) is 101 Å². The van der Waals surface area contributed by atoms with Crippen LogP contribution in [0, 0.1) is 25.2 Å². The number of hydrogen-bond acceptors (Lipinski definition) is 5. The third-order valence-electron chi connectivity index (χ3n) is 4.99. The molecule has 0 aliphatic heterocycles. The fourth-order valence-electron chi connectivity index (χ4n) is 3.43. The first-order valence-corrected chi connectivity index (χ1v) is 9.69. The predicted octanol–water partition coefficient (Wildman–Crippen LogP) is 3.73. The van der Waals surface area contributed by atoms with Crippen LogP contribution >= 0.6 is 0 Å². The smallest absolute Gasteiger partial charge is 0.349 e. The van der Waals surface area contributed by atoms with Crippen molar-refractivity contribution in [1.29, 1.82) is 5.26 Å². The second-order valence-electron chi connectivity index (χ2n) is 7.32. The van der Waals surface area contributed by atoms with Gasteiger partial charge in [0.2, 0.25) is 0 Å². The van der Waals surface area contributed by atoms with Crippen molar-refractivity contribution in [2.75, 3.05) is 11.9 Å². The number of Topliss-reactive ketones (excluding diaryl/α,β-unsaturated/α-hetero) is 1. The first-order chi connectivity index (χ1) is 14.3. The van der Waals surface area contributed by atoms with Gasteiger partial charge in [-0.05, 0) is 63.5 Å². The molecule has 2 aromatic rings. The monoisotopic (exact) mass is 405 g/mol. The van der Waals surface area contributed by atoms with Gasteiger partial charge in [-0.2, -0.15) is 5.26 Å². The van der Waals surface area contributed by atoms with E-state index >= 15 is 0 Å². The zero-order valence-electron chi connectivity index (χ0n) is 17.2. The van der Waals surface area contributed by atoms with E-state index in [2.05, 4.69) is 9.88 Å². The largest absolute Gasteiger partial charge is 0.451 e. The van der Waals surface area contributed by atoms with Crippen LogP contribution in [0.4, 0.5) is 5.69 Å². The fourth-order valence-corrected chi connectivity index (χ4v) is 3.43. The number of ether oxygens (including phenoxy) is 1. The van der Waals surface area contributed by atoms with Crippen molar-refractivity contribution in [3.05, 3.63) is 58.4 Å². The molecule has 154 valence electrons. The van der Waals surface area contributed by atoms with E-state index in [4.69, 9.17) is 4.74 Å². The molecule has 0 saturated heterocycles. The second-order valence-corrected chi connectivity index (χ2v) is 7.32. The fraction of sp³-hybridized carbons (Fsp3) is 0.304. The summed E-state index contributed by atoms with van der Waals surface area (Å²) < 4.78 is 7.22. The summed E-state index contributed by atoms with van der Waals surface area (Å²) in [6.07, 6.45) is 3.76. The lowest BCUT2D eigenvalue weighted by Crippen LogP contribution is -2.22. The van der Waals surface area contributed by atoms with E-state index in [0.29, 0.717) is 17.3 Å². The van der Waals surface area contributed by atoms with Gasteiger partial charge in [-0.15, -0.1) is 0 Å². The molecule has 0 atom stereocenters. The third kappa shape index (κ3) is 4.66. The second kappa shape index (κ2) is 8.78. The van der Waals surface area contributed by atoms with Gasteiger partial charge in [0.25, 0.3) is 5.91 Å². The lowest BCUT2D eigenvalue weighted by atomic mass is 10.1. The number of rotatable bonds is 7. The van der Waals surface area contributed by atoms with E-state index in [1.54, 1.807) is 24.3 Å². The minimum atomic E-state index is -0.872. The first kappa shape index (κ1) is 21.1. The number of nitrogens with zero attached hydrogens (tertiary/aromatic N) is 2. The van der Waals surface area contributed by atoms with Crippen LogP contribution < -0.4 is 5.32 Å². The molecule has 0 bridgehead atoms. The molecular formula is C23H23N3O4. The normalized spacial score (nSPS) is 13.5. The van der Waals surface area contributed by atoms with Gasteiger partial charge < -0.3 is 14.6 Å². The maximum absolute atomic E-state index is 12.3. The molecule has 1 fully saturated rings. The number of carbonyl (C=O) groups is 3. The summed E-state index contributed by atoms with van der Waals surface area (Å²) in [5, 5.41) is 11.9. The Bertz CT molecular complexity index is 1080. The van der Waals surface area contributed by atoms with Gasteiger partial charge in [0.05, 0.1) is 5.69 Å². The summed E-state index contributed by atoms with van der Waals surface area (Å²) in [6, 6.07) is 10.8. The van der Waals surface area contributed by atoms with Gasteiger partial charge in [0.15, 0.2) is 12.4 Å². The number of amides is 1. The number of benzene rings is 1. The summed E-state index contributed by atoms with van der Waals surface area (Å²) in [7, 11) is 0. The first-order valence-electron chi connectivity index (χ1n) is 9.69. The van der Waals surface area contributed by atoms with Crippen molar-refractivity contribution in [1.82, 2.24) is 4.57 Å². The quantitative estimate of drug-likeness (QED) is 0.327. The van der Waals surface area contributed by atoms with Gasteiger partial charge in [-0.25, -0.2) is 4.79 Å². The van der Waals surface area contributed by atoms with E-state index in [-0.39, 0.29) is 11.4 Å². The maximum Gasteiger partial charge on any atom is 0.349 e. The van der Waals surface area contributed by atoms with Crippen LogP contribution in [0.2, 0.25) is 0 Å². The number of nitrogens with one attached hydrogen (secondary N) is 1. The average molecular weight is 405 g/mol. The lowest BCUT2D eigenvalue weighted by molar-refractivity contribution is -0.142. The van der Waals surface area contributed by atoms with Gasteiger partial charge in [-0.1, -0.05) is 12.1 Å². The maximum atomic E-state index is 12.3. The van der Waals surface area contributed by atoms with Crippen molar-refractivity contribution >= 4 is 29.4 Å². The molecule has 1 N–H and O–H groups in total. The molecule has 1 aromatic heterocycles. The van der Waals surface area contributed by atoms with Crippen molar-refractivity contribution in [2.45, 2.75) is 39.7 Å². The number of nitriles is 1. The summed E-state index contributed by atoms with van der Waals surface area (Å²) in [4.78, 5) is 36.1. The highest BCUT2D eigenvalue weighted by atomic mass is 16.5. The van der Waals surface area contributed by atoms with Crippen molar-refractivity contribution in [2.24, 2.45) is 0 Å². The Labute approximate surface area is 174 Å². The molecule has 7 nitrogen and oxygen atoms in total. The van der Waals surface area contributed by atoms with E-state index in [0.717, 1.165) is 29.8 Å². The predicted molar refractivity (Wildman–Crippen MR) is 112 cm³/mol. The number of aromatic nitrogens is 1. The molecular weight excluding hydrogens is 382 g/mol. The van der Waals surface area contributed by atoms with Crippen molar-refractivity contribution < 1.29 is 19.1 Å². The molecule has 1 saturated carbocycles. The van der Waals surface area contributed by atoms with Crippen molar-refractivity contribution in [3.8, 4) is 6.07 Å². The van der Waals surface area contributed by atoms with Crippen LogP contribution in [0.3, 0.4) is 0 Å². The SMILES string of the molecule is CC(=O)c1ccccc1NC(=O)COC(=O)/C(C#N)=C/c1cc(C)n(C2CC2)c1C. The standard InChI is InChI=1S/C23H23N3O4/c1-14-10-17(15(2)26(14)19-8-9-19)11-18(12-24)23(29)30-13-22(28)25-21-7-5-4-6-20(21)16(3)27/h4-7,10-11,19H,8-9,13H2,1-3H3,(H,25,28)/b18-11+. The molecule has 1 aliphatic carbocycles. The molecule has 1 aromatic carbocycles. The Balaban J connectivity index is 1.66. The Morgan fingerprint density at radius 1 is 1.27 bits per heavy atom. The number of anilines is 1. The number of carbonyl (C=O) groups excluding carboxylic acids is 3. The van der Waals surface area contributed by atoms with Crippen LogP contribution in [0.15, 0.2) is 35.9 Å². The number of ketones is 1. The Morgan fingerprint density at radius 2 is 1.97 bits per heavy atom. The highest BCUT2D eigenvalue weighted by molar-refractivity contribution is 6.04. The van der Waals surface area contributed by atoms with Gasteiger partial charge in [-0.3, -0.25) is 9.59 Å². The number of para-hydroxylation sites is 1. The highest BCUT2D eigenvalue weighted by Gasteiger charge is 2.27. The molecule has 1 amide bonds. The van der Waals surface area contributed by atoms with Crippen LogP contribution in [0.25, 0.3) is 6.08 Å². The van der Waals surface area contributed by atoms with Crippen LogP contribution in [0.1, 0.15) is 53.1 Å². The molecule has 0 unspecified atom stereocenters. The lowest BCUT2D eigenvalue weighted by Gasteiger charge is -2.09. The average Bonchev–Trinajstić information content (AvgIpc) is 3.50. The van der Waals surface area contributed by atoms with Crippen LogP contribution in [0.5, 0.6) is 0 Å². The van der Waals surface area contributed by atoms with E-state index in [9.17, 15) is 19.6 Å². The molecule has 30 heavy (non-hydrogen) atoms. The van der Waals surface area contributed by atoms with E-state index < -0.39 is 18.5 Å². The number of aryl methyl sites for hydroxylation is 1. The van der Waals surface area contributed by atoms with E-state index in [1.807, 2.05) is 26.0 Å². The Kier molecular flexibility index (Phi) is 6.17. The van der Waals surface area contributed by atoms with Gasteiger partial charge in [0.1, 0.15) is 11.6 Å². The molecule has 1 aliphatic rings. The summed E-state index contributed by atoms with van der Waals surface area (Å²) in [5.41, 5.74) is 3.38. The molecule has 0 spiro atoms. The minimum absolute atomic E-state index is 0.178. The third-order valence-corrected chi connectivity index (χ3v) is 4.99. The zero-order chi connectivity index (χ0) is 21.8. The van der Waals surface area contributed by atoms with Gasteiger partial charge >= 0.3 is 5.97 Å². The van der Waals surface area contributed by atoms with Crippen LogP contribution in [-0.4, -0.2) is 28.8 Å². The molecule has 7 heteroatoms. The van der Waals surface area contributed by atoms with Crippen molar-refractivity contribution in [3.63, 3.8) is 0 Å². The Morgan fingerprint density at radius 3 is 2.60 bits per heavy atom. The molecule has 0 radical (unpaired) electrons. The highest BCUT2D eigenvalue weighted by Crippen LogP contribution is 2.38. The summed E-state index contributed by atoms with van der Waals surface area (Å²) in [5.74, 6) is -1.66. The molecule has 3 rings (SSSR count). The summed E-state index contributed by atoms with van der Waals surface area (Å²) >= 11 is 0. The number of esters is 1. The number of hydrogen-bond donors (Lipinski definition) is 1.